The minimum absolute atomic E-state index is 0.0891. The van der Waals surface area contributed by atoms with Crippen LogP contribution >= 0.6 is 11.3 Å². The van der Waals surface area contributed by atoms with Crippen LogP contribution in [0.2, 0.25) is 0 Å². The Morgan fingerprint density at radius 1 is 1.16 bits per heavy atom. The molecule has 0 aliphatic heterocycles. The van der Waals surface area contributed by atoms with Crippen molar-refractivity contribution in [3.05, 3.63) is 22.2 Å². The maximum atomic E-state index is 14.2. The summed E-state index contributed by atoms with van der Waals surface area (Å²) >= 11 is 1.01. The van der Waals surface area contributed by atoms with E-state index in [0.29, 0.717) is 36.5 Å². The van der Waals surface area contributed by atoms with Crippen molar-refractivity contribution in [2.45, 2.75) is 64.0 Å². The number of hydrogen-bond acceptors (Lipinski definition) is 4. The Hall–Kier alpha value is -1.83. The summed E-state index contributed by atoms with van der Waals surface area (Å²) in [6, 6.07) is 1.25. The Labute approximate surface area is 184 Å². The van der Waals surface area contributed by atoms with Gasteiger partial charge in [0.05, 0.1) is 11.3 Å². The Bertz CT molecular complexity index is 1010. The Morgan fingerprint density at radius 3 is 2.19 bits per heavy atom. The van der Waals surface area contributed by atoms with Crippen LogP contribution in [0.25, 0.3) is 10.2 Å². The van der Waals surface area contributed by atoms with Gasteiger partial charge in [0.1, 0.15) is 9.71 Å². The number of rotatable bonds is 4. The van der Waals surface area contributed by atoms with Crippen LogP contribution in [0.5, 0.6) is 0 Å². The van der Waals surface area contributed by atoms with Gasteiger partial charge >= 0.3 is 6.18 Å². The monoisotopic (exact) mass is 451 g/mol. The van der Waals surface area contributed by atoms with Crippen molar-refractivity contribution in [2.75, 3.05) is 18.8 Å². The molecule has 0 spiro atoms. The van der Waals surface area contributed by atoms with Gasteiger partial charge in [0.2, 0.25) is 0 Å². The maximum absolute atomic E-state index is 14.2. The molecule has 4 aliphatic rings. The van der Waals surface area contributed by atoms with E-state index in [1.807, 2.05) is 13.8 Å². The molecule has 4 fully saturated rings. The number of nitrogens with two attached hydrogens (primary N) is 1. The summed E-state index contributed by atoms with van der Waals surface area (Å²) in [5, 5.41) is -0.110. The molecule has 6 rings (SSSR count). The number of thiophene rings is 1. The SMILES string of the molecule is CCN(CC)C(=O)c1sc2nc(C34CC5CC(CC(C5)C3)C4)cc(C(F)(F)F)c2c1N. The zero-order valence-electron chi connectivity index (χ0n) is 17.9. The molecule has 4 saturated carbocycles. The third-order valence-corrected chi connectivity index (χ3v) is 8.92. The number of nitrogens with zero attached hydrogens (tertiary/aromatic N) is 2. The van der Waals surface area contributed by atoms with Gasteiger partial charge in [-0.1, -0.05) is 0 Å². The number of aromatic nitrogens is 1. The third kappa shape index (κ3) is 3.24. The highest BCUT2D eigenvalue weighted by atomic mass is 32.1. The van der Waals surface area contributed by atoms with Gasteiger partial charge in [0, 0.05) is 29.6 Å². The molecule has 2 heterocycles. The molecule has 8 heteroatoms. The zero-order valence-corrected chi connectivity index (χ0v) is 18.7. The summed E-state index contributed by atoms with van der Waals surface area (Å²) in [5.74, 6) is 1.49. The van der Waals surface area contributed by atoms with Gasteiger partial charge in [-0.25, -0.2) is 4.98 Å². The van der Waals surface area contributed by atoms with Crippen molar-refractivity contribution in [3.63, 3.8) is 0 Å². The van der Waals surface area contributed by atoms with Gasteiger partial charge in [-0.15, -0.1) is 11.3 Å². The Morgan fingerprint density at radius 2 is 1.71 bits per heavy atom. The molecular weight excluding hydrogens is 423 g/mol. The molecule has 0 saturated heterocycles. The molecule has 4 nitrogen and oxygen atoms in total. The van der Waals surface area contributed by atoms with Crippen LogP contribution in [0.15, 0.2) is 6.07 Å². The highest BCUT2D eigenvalue weighted by Gasteiger charge is 2.53. The molecule has 2 N–H and O–H groups in total. The van der Waals surface area contributed by atoms with Crippen LogP contribution in [-0.2, 0) is 11.6 Å². The molecule has 31 heavy (non-hydrogen) atoms. The van der Waals surface area contributed by atoms with Gasteiger partial charge in [0.25, 0.3) is 5.91 Å². The number of halogens is 3. The fraction of sp³-hybridized carbons (Fsp3) is 0.652. The van der Waals surface area contributed by atoms with Crippen LogP contribution in [-0.4, -0.2) is 28.9 Å². The first-order chi connectivity index (χ1) is 14.6. The number of alkyl halides is 3. The van der Waals surface area contributed by atoms with Crippen molar-refractivity contribution in [1.29, 1.82) is 0 Å². The summed E-state index contributed by atoms with van der Waals surface area (Å²) in [5.41, 5.74) is 5.64. The van der Waals surface area contributed by atoms with Gasteiger partial charge in [0.15, 0.2) is 0 Å². The van der Waals surface area contributed by atoms with Crippen LogP contribution in [0.1, 0.15) is 73.3 Å². The zero-order chi connectivity index (χ0) is 22.1. The minimum Gasteiger partial charge on any atom is -0.397 e. The largest absolute Gasteiger partial charge is 0.417 e. The van der Waals surface area contributed by atoms with Crippen LogP contribution in [0.4, 0.5) is 18.9 Å². The molecule has 168 valence electrons. The van der Waals surface area contributed by atoms with Crippen LogP contribution in [0, 0.1) is 17.8 Å². The van der Waals surface area contributed by atoms with E-state index < -0.39 is 11.7 Å². The summed E-state index contributed by atoms with van der Waals surface area (Å²) in [6.07, 6.45) is 1.87. The first kappa shape index (κ1) is 21.0. The topological polar surface area (TPSA) is 59.2 Å². The van der Waals surface area contributed by atoms with E-state index >= 15 is 0 Å². The third-order valence-electron chi connectivity index (χ3n) is 7.83. The summed E-state index contributed by atoms with van der Waals surface area (Å²) in [6.45, 7) is 4.63. The van der Waals surface area contributed by atoms with E-state index in [1.165, 1.54) is 25.3 Å². The number of carbonyl (C=O) groups excluding carboxylic acids is 1. The van der Waals surface area contributed by atoms with Gasteiger partial charge in [-0.3, -0.25) is 4.79 Å². The van der Waals surface area contributed by atoms with Crippen LogP contribution < -0.4 is 5.73 Å². The van der Waals surface area contributed by atoms with Crippen molar-refractivity contribution < 1.29 is 18.0 Å². The molecule has 2 aromatic rings. The fourth-order valence-electron chi connectivity index (χ4n) is 6.85. The number of carbonyl (C=O) groups is 1. The summed E-state index contributed by atoms with van der Waals surface area (Å²) in [4.78, 5) is 19.7. The number of fused-ring (bicyclic) bond motifs is 1. The van der Waals surface area contributed by atoms with Crippen molar-refractivity contribution in [2.24, 2.45) is 17.8 Å². The number of amides is 1. The molecule has 0 unspecified atom stereocenters. The highest BCUT2D eigenvalue weighted by Crippen LogP contribution is 2.61. The fourth-order valence-corrected chi connectivity index (χ4v) is 7.94. The van der Waals surface area contributed by atoms with Gasteiger partial charge in [-0.05, 0) is 76.2 Å². The summed E-state index contributed by atoms with van der Waals surface area (Å²) < 4.78 is 42.5. The minimum atomic E-state index is -4.55. The molecule has 2 aromatic heterocycles. The second-order valence-corrected chi connectivity index (χ2v) is 10.8. The smallest absolute Gasteiger partial charge is 0.397 e. The number of pyridine rings is 1. The first-order valence-corrected chi connectivity index (χ1v) is 12.1. The molecule has 0 aromatic carbocycles. The van der Waals surface area contributed by atoms with E-state index in [1.54, 1.807) is 4.90 Å². The average Bonchev–Trinajstić information content (AvgIpc) is 3.03. The molecule has 4 aliphatic carbocycles. The maximum Gasteiger partial charge on any atom is 0.417 e. The first-order valence-electron chi connectivity index (χ1n) is 11.2. The normalized spacial score (nSPS) is 29.6. The molecule has 0 atom stereocenters. The number of hydrogen-bond donors (Lipinski definition) is 1. The highest BCUT2D eigenvalue weighted by molar-refractivity contribution is 7.21. The number of anilines is 1. The average molecular weight is 452 g/mol. The van der Waals surface area contributed by atoms with E-state index in [0.717, 1.165) is 30.6 Å². The van der Waals surface area contributed by atoms with E-state index in [4.69, 9.17) is 10.7 Å². The lowest BCUT2D eigenvalue weighted by molar-refractivity contribution is -0.136. The molecular formula is C23H28F3N3OS. The predicted octanol–water partition coefficient (Wildman–Crippen LogP) is 5.85. The predicted molar refractivity (Wildman–Crippen MR) is 116 cm³/mol. The van der Waals surface area contributed by atoms with Crippen molar-refractivity contribution in [1.82, 2.24) is 9.88 Å². The van der Waals surface area contributed by atoms with Crippen molar-refractivity contribution >= 4 is 33.1 Å². The van der Waals surface area contributed by atoms with Gasteiger partial charge in [-0.2, -0.15) is 13.2 Å². The van der Waals surface area contributed by atoms with E-state index in [-0.39, 0.29) is 32.1 Å². The Kier molecular flexibility index (Phi) is 4.81. The van der Waals surface area contributed by atoms with E-state index in [9.17, 15) is 18.0 Å². The molecule has 0 radical (unpaired) electrons. The quantitative estimate of drug-likeness (QED) is 0.635. The lowest BCUT2D eigenvalue weighted by atomic mass is 9.48. The van der Waals surface area contributed by atoms with Crippen molar-refractivity contribution in [3.8, 4) is 0 Å². The van der Waals surface area contributed by atoms with E-state index in [2.05, 4.69) is 0 Å². The lowest BCUT2D eigenvalue weighted by Crippen LogP contribution is -2.49. The standard InChI is InChI=1S/C23H28F3N3OS/c1-3-29(4-2)21(30)19-18(27)17-15(23(24,25)26)8-16(28-20(17)31-19)22-9-12-5-13(10-22)7-14(6-12)11-22/h8,12-14H,3-7,9-11,27H2,1-2H3. The number of nitrogen functional groups attached to an aromatic ring is 1. The van der Waals surface area contributed by atoms with Crippen LogP contribution in [0.3, 0.4) is 0 Å². The molecule has 4 bridgehead atoms. The van der Waals surface area contributed by atoms with Gasteiger partial charge < -0.3 is 10.6 Å². The summed E-state index contributed by atoms with van der Waals surface area (Å²) in [7, 11) is 0. The molecule has 1 amide bonds. The second kappa shape index (κ2) is 7.09. The second-order valence-electron chi connectivity index (χ2n) is 9.75. The lowest BCUT2D eigenvalue weighted by Gasteiger charge is -2.56. The Balaban J connectivity index is 1.68.